The second kappa shape index (κ2) is 5.73. The number of fused-ring (bicyclic) bond motifs is 1. The SMILES string of the molecule is CCOC(=O)NC1CCOc2ccccc2C1O. The molecule has 2 unspecified atom stereocenters. The van der Waals surface area contributed by atoms with E-state index in [2.05, 4.69) is 5.32 Å². The molecule has 1 aliphatic rings. The number of carbonyl (C=O) groups is 1. The predicted molar refractivity (Wildman–Crippen MR) is 65.5 cm³/mol. The second-order valence-electron chi connectivity index (χ2n) is 4.09. The highest BCUT2D eigenvalue weighted by Gasteiger charge is 2.28. The molecular formula is C13H17NO4. The minimum Gasteiger partial charge on any atom is -0.493 e. The van der Waals surface area contributed by atoms with Crippen LogP contribution in [0.25, 0.3) is 0 Å². The van der Waals surface area contributed by atoms with Gasteiger partial charge in [-0.25, -0.2) is 4.79 Å². The van der Waals surface area contributed by atoms with Gasteiger partial charge < -0.3 is 19.9 Å². The van der Waals surface area contributed by atoms with E-state index < -0.39 is 18.2 Å². The third-order valence-electron chi connectivity index (χ3n) is 2.88. The summed E-state index contributed by atoms with van der Waals surface area (Å²) in [6.45, 7) is 2.49. The van der Waals surface area contributed by atoms with Gasteiger partial charge in [0.25, 0.3) is 0 Å². The van der Waals surface area contributed by atoms with Gasteiger partial charge >= 0.3 is 6.09 Å². The van der Waals surface area contributed by atoms with Crippen molar-refractivity contribution in [2.24, 2.45) is 0 Å². The van der Waals surface area contributed by atoms with Gasteiger partial charge in [-0.3, -0.25) is 0 Å². The Labute approximate surface area is 106 Å². The summed E-state index contributed by atoms with van der Waals surface area (Å²) < 4.78 is 10.4. The lowest BCUT2D eigenvalue weighted by Crippen LogP contribution is -2.39. The summed E-state index contributed by atoms with van der Waals surface area (Å²) in [6, 6.07) is 6.90. The predicted octanol–water partition coefficient (Wildman–Crippen LogP) is 1.62. The van der Waals surface area contributed by atoms with Crippen LogP contribution in [0, 0.1) is 0 Å². The smallest absolute Gasteiger partial charge is 0.407 e. The molecule has 0 aromatic heterocycles. The van der Waals surface area contributed by atoms with E-state index in [4.69, 9.17) is 9.47 Å². The quantitative estimate of drug-likeness (QED) is 0.838. The van der Waals surface area contributed by atoms with Gasteiger partial charge in [0, 0.05) is 12.0 Å². The molecule has 0 spiro atoms. The van der Waals surface area contributed by atoms with E-state index >= 15 is 0 Å². The van der Waals surface area contributed by atoms with Gasteiger partial charge in [0.15, 0.2) is 0 Å². The summed E-state index contributed by atoms with van der Waals surface area (Å²) in [5, 5.41) is 12.9. The molecule has 2 rings (SSSR count). The van der Waals surface area contributed by atoms with Crippen molar-refractivity contribution in [3.8, 4) is 5.75 Å². The summed E-state index contributed by atoms with van der Waals surface area (Å²) >= 11 is 0. The Morgan fingerprint density at radius 3 is 3.11 bits per heavy atom. The molecule has 1 aliphatic heterocycles. The van der Waals surface area contributed by atoms with Gasteiger partial charge in [-0.15, -0.1) is 0 Å². The van der Waals surface area contributed by atoms with Gasteiger partial charge in [-0.05, 0) is 13.0 Å². The minimum atomic E-state index is -0.784. The summed E-state index contributed by atoms with van der Waals surface area (Å²) in [4.78, 5) is 11.4. The monoisotopic (exact) mass is 251 g/mol. The van der Waals surface area contributed by atoms with Crippen LogP contribution >= 0.6 is 0 Å². The molecule has 0 bridgehead atoms. The Hall–Kier alpha value is -1.75. The summed E-state index contributed by atoms with van der Waals surface area (Å²) in [6.07, 6.45) is -0.761. The maximum absolute atomic E-state index is 11.4. The highest BCUT2D eigenvalue weighted by molar-refractivity contribution is 5.67. The number of amides is 1. The van der Waals surface area contributed by atoms with E-state index in [1.807, 2.05) is 18.2 Å². The first-order valence-corrected chi connectivity index (χ1v) is 6.05. The van der Waals surface area contributed by atoms with Crippen molar-refractivity contribution in [1.82, 2.24) is 5.32 Å². The molecule has 5 nitrogen and oxygen atoms in total. The number of aliphatic hydroxyl groups is 1. The molecule has 2 N–H and O–H groups in total. The number of benzene rings is 1. The van der Waals surface area contributed by atoms with Crippen LogP contribution in [0.5, 0.6) is 5.75 Å². The molecule has 1 aromatic rings. The molecule has 5 heteroatoms. The Morgan fingerprint density at radius 1 is 1.56 bits per heavy atom. The number of para-hydroxylation sites is 1. The molecule has 1 heterocycles. The number of rotatable bonds is 2. The van der Waals surface area contributed by atoms with Crippen LogP contribution in [0.1, 0.15) is 25.0 Å². The molecule has 0 saturated carbocycles. The first-order valence-electron chi connectivity index (χ1n) is 6.05. The van der Waals surface area contributed by atoms with Crippen LogP contribution in [0.15, 0.2) is 24.3 Å². The van der Waals surface area contributed by atoms with E-state index in [9.17, 15) is 9.90 Å². The van der Waals surface area contributed by atoms with E-state index in [0.29, 0.717) is 30.9 Å². The maximum Gasteiger partial charge on any atom is 0.407 e. The number of hydrogen-bond donors (Lipinski definition) is 2. The lowest BCUT2D eigenvalue weighted by atomic mass is 10.0. The Morgan fingerprint density at radius 2 is 2.33 bits per heavy atom. The zero-order valence-electron chi connectivity index (χ0n) is 10.3. The topological polar surface area (TPSA) is 67.8 Å². The fourth-order valence-corrected chi connectivity index (χ4v) is 2.00. The van der Waals surface area contributed by atoms with Crippen molar-refractivity contribution in [3.63, 3.8) is 0 Å². The first kappa shape index (κ1) is 12.7. The van der Waals surface area contributed by atoms with Crippen molar-refractivity contribution >= 4 is 6.09 Å². The third-order valence-corrected chi connectivity index (χ3v) is 2.88. The van der Waals surface area contributed by atoms with Crippen molar-refractivity contribution in [3.05, 3.63) is 29.8 Å². The Kier molecular flexibility index (Phi) is 4.04. The molecule has 1 amide bonds. The third kappa shape index (κ3) is 2.73. The van der Waals surface area contributed by atoms with Crippen molar-refractivity contribution < 1.29 is 19.4 Å². The summed E-state index contributed by atoms with van der Waals surface area (Å²) in [7, 11) is 0. The van der Waals surface area contributed by atoms with Crippen molar-refractivity contribution in [2.75, 3.05) is 13.2 Å². The second-order valence-corrected chi connectivity index (χ2v) is 4.09. The number of hydrogen-bond acceptors (Lipinski definition) is 4. The molecule has 0 saturated heterocycles. The molecule has 1 aromatic carbocycles. The molecular weight excluding hydrogens is 234 g/mol. The van der Waals surface area contributed by atoms with Crippen LogP contribution in [-0.4, -0.2) is 30.5 Å². The molecule has 18 heavy (non-hydrogen) atoms. The fourth-order valence-electron chi connectivity index (χ4n) is 2.00. The van der Waals surface area contributed by atoms with Gasteiger partial charge in [-0.1, -0.05) is 18.2 Å². The summed E-state index contributed by atoms with van der Waals surface area (Å²) in [5.41, 5.74) is 0.691. The molecule has 0 radical (unpaired) electrons. The number of carbonyl (C=O) groups excluding carboxylic acids is 1. The normalized spacial score (nSPS) is 22.3. The van der Waals surface area contributed by atoms with Gasteiger partial charge in [0.05, 0.1) is 19.3 Å². The van der Waals surface area contributed by atoms with E-state index in [0.717, 1.165) is 0 Å². The number of nitrogens with one attached hydrogen (secondary N) is 1. The average molecular weight is 251 g/mol. The van der Waals surface area contributed by atoms with Crippen LogP contribution in [0.4, 0.5) is 4.79 Å². The zero-order valence-corrected chi connectivity index (χ0v) is 10.3. The van der Waals surface area contributed by atoms with Gasteiger partial charge in [-0.2, -0.15) is 0 Å². The van der Waals surface area contributed by atoms with E-state index in [1.165, 1.54) is 0 Å². The van der Waals surface area contributed by atoms with Crippen molar-refractivity contribution in [2.45, 2.75) is 25.5 Å². The Bertz CT molecular complexity index is 421. The standard InChI is InChI=1S/C13H17NO4/c1-2-17-13(16)14-10-7-8-18-11-6-4-3-5-9(11)12(10)15/h3-6,10,12,15H,2,7-8H2,1H3,(H,14,16). The molecule has 2 atom stereocenters. The zero-order chi connectivity index (χ0) is 13.0. The molecule has 0 aliphatic carbocycles. The van der Waals surface area contributed by atoms with Crippen LogP contribution < -0.4 is 10.1 Å². The average Bonchev–Trinajstić information content (AvgIpc) is 2.51. The van der Waals surface area contributed by atoms with Crippen molar-refractivity contribution in [1.29, 1.82) is 0 Å². The lowest BCUT2D eigenvalue weighted by molar-refractivity contribution is 0.105. The fraction of sp³-hybridized carbons (Fsp3) is 0.462. The van der Waals surface area contributed by atoms with Crippen LogP contribution in [0.3, 0.4) is 0 Å². The molecule has 98 valence electrons. The highest BCUT2D eigenvalue weighted by Crippen LogP contribution is 2.31. The highest BCUT2D eigenvalue weighted by atomic mass is 16.5. The van der Waals surface area contributed by atoms with E-state index in [-0.39, 0.29) is 0 Å². The summed E-state index contributed by atoms with van der Waals surface area (Å²) in [5.74, 6) is 0.665. The number of ether oxygens (including phenoxy) is 2. The first-order chi connectivity index (χ1) is 8.72. The Balaban J connectivity index is 2.12. The van der Waals surface area contributed by atoms with Gasteiger partial charge in [0.2, 0.25) is 0 Å². The van der Waals surface area contributed by atoms with E-state index in [1.54, 1.807) is 13.0 Å². The number of alkyl carbamates (subject to hydrolysis) is 1. The lowest BCUT2D eigenvalue weighted by Gasteiger charge is -2.21. The molecule has 0 fully saturated rings. The number of aliphatic hydroxyl groups excluding tert-OH is 1. The maximum atomic E-state index is 11.4. The van der Waals surface area contributed by atoms with Crippen LogP contribution in [-0.2, 0) is 4.74 Å². The van der Waals surface area contributed by atoms with Gasteiger partial charge in [0.1, 0.15) is 11.9 Å². The largest absolute Gasteiger partial charge is 0.493 e. The minimum absolute atomic E-state index is 0.307. The van der Waals surface area contributed by atoms with Crippen LogP contribution in [0.2, 0.25) is 0 Å².